The number of hydrogen-bond acceptors (Lipinski definition) is 5. The van der Waals surface area contributed by atoms with E-state index in [1.54, 1.807) is 5.51 Å². The minimum Gasteiger partial charge on any atom is -0.371 e. The number of thiazole rings is 1. The molecule has 1 amide bonds. The third-order valence-electron chi connectivity index (χ3n) is 6.13. The van der Waals surface area contributed by atoms with E-state index in [2.05, 4.69) is 34.1 Å². The summed E-state index contributed by atoms with van der Waals surface area (Å²) >= 11 is 1.53. The van der Waals surface area contributed by atoms with Gasteiger partial charge in [0.25, 0.3) is 0 Å². The Morgan fingerprint density at radius 1 is 1.06 bits per heavy atom. The van der Waals surface area contributed by atoms with E-state index in [1.807, 2.05) is 46.2 Å². The molecule has 4 aromatic rings. The number of nitrogens with zero attached hydrogens (tertiary/aromatic N) is 5. The molecule has 0 radical (unpaired) electrons. The maximum atomic E-state index is 13.3. The fraction of sp³-hybridized carbons (Fsp3) is 0.320. The van der Waals surface area contributed by atoms with Gasteiger partial charge in [0, 0.05) is 37.7 Å². The van der Waals surface area contributed by atoms with Crippen LogP contribution in [0.4, 0.5) is 5.69 Å². The lowest BCUT2D eigenvalue weighted by molar-refractivity contribution is -0.130. The fourth-order valence-corrected chi connectivity index (χ4v) is 4.97. The van der Waals surface area contributed by atoms with Crippen molar-refractivity contribution in [2.45, 2.75) is 32.4 Å². The van der Waals surface area contributed by atoms with E-state index in [1.165, 1.54) is 41.9 Å². The average Bonchev–Trinajstić information content (AvgIpc) is 3.48. The summed E-state index contributed by atoms with van der Waals surface area (Å²) in [4.78, 5) is 26.8. The van der Waals surface area contributed by atoms with Crippen LogP contribution in [-0.4, -0.2) is 45.5 Å². The van der Waals surface area contributed by atoms with Gasteiger partial charge in [0.2, 0.25) is 5.91 Å². The number of rotatable bonds is 6. The van der Waals surface area contributed by atoms with Crippen molar-refractivity contribution in [3.63, 3.8) is 0 Å². The number of anilines is 1. The number of aromatic nitrogens is 3. The number of benzene rings is 2. The third kappa shape index (κ3) is 4.12. The molecule has 0 aliphatic carbocycles. The first-order chi connectivity index (χ1) is 15.7. The molecule has 0 N–H and O–H groups in total. The number of imidazole rings is 1. The minimum atomic E-state index is 0.0538. The van der Waals surface area contributed by atoms with E-state index in [9.17, 15) is 4.79 Å². The van der Waals surface area contributed by atoms with Crippen molar-refractivity contribution in [1.29, 1.82) is 0 Å². The number of carbonyl (C=O) groups is 1. The van der Waals surface area contributed by atoms with E-state index in [4.69, 9.17) is 4.98 Å². The quantitative estimate of drug-likeness (QED) is 0.427. The monoisotopic (exact) mass is 445 g/mol. The van der Waals surface area contributed by atoms with Crippen LogP contribution in [-0.2, 0) is 17.9 Å². The van der Waals surface area contributed by atoms with Gasteiger partial charge in [-0.3, -0.25) is 4.79 Å². The predicted molar refractivity (Wildman–Crippen MR) is 130 cm³/mol. The highest BCUT2D eigenvalue weighted by atomic mass is 32.1. The number of piperidine rings is 1. The Morgan fingerprint density at radius 3 is 2.66 bits per heavy atom. The van der Waals surface area contributed by atoms with Gasteiger partial charge >= 0.3 is 0 Å². The maximum absolute atomic E-state index is 13.3. The van der Waals surface area contributed by atoms with E-state index < -0.39 is 0 Å². The molecule has 0 bridgehead atoms. The number of likely N-dealkylation sites (N-methyl/N-ethyl adjacent to an activating group) is 1. The number of hydrogen-bond donors (Lipinski definition) is 0. The standard InChI is InChI=1S/C25H27N5OS/c1-28(15-19-9-3-5-11-22(19)29-13-7-2-8-14-29)24(31)16-30-23-12-6-4-10-20(23)27-25(30)21-17-32-18-26-21/h3-6,9-12,17-18H,2,7-8,13-16H2,1H3. The lowest BCUT2D eigenvalue weighted by Gasteiger charge is -2.31. The minimum absolute atomic E-state index is 0.0538. The highest BCUT2D eigenvalue weighted by molar-refractivity contribution is 7.07. The molecule has 7 heteroatoms. The molecule has 0 spiro atoms. The van der Waals surface area contributed by atoms with Crippen LogP contribution in [0.25, 0.3) is 22.6 Å². The van der Waals surface area contributed by atoms with Crippen molar-refractivity contribution in [2.75, 3.05) is 25.0 Å². The van der Waals surface area contributed by atoms with Gasteiger partial charge in [-0.05, 0) is 43.0 Å². The lowest BCUT2D eigenvalue weighted by Crippen LogP contribution is -2.33. The summed E-state index contributed by atoms with van der Waals surface area (Å²) in [6.07, 6.45) is 3.77. The van der Waals surface area contributed by atoms with Gasteiger partial charge in [0.15, 0.2) is 5.82 Å². The normalized spacial score (nSPS) is 14.1. The lowest BCUT2D eigenvalue weighted by atomic mass is 10.1. The van der Waals surface area contributed by atoms with Crippen molar-refractivity contribution in [2.24, 2.45) is 0 Å². The molecule has 5 rings (SSSR count). The molecule has 0 atom stereocenters. The Labute approximate surface area is 192 Å². The van der Waals surface area contributed by atoms with Gasteiger partial charge in [-0.2, -0.15) is 0 Å². The van der Waals surface area contributed by atoms with Crippen LogP contribution in [0.1, 0.15) is 24.8 Å². The Morgan fingerprint density at radius 2 is 1.84 bits per heavy atom. The molecule has 1 aliphatic heterocycles. The first kappa shape index (κ1) is 20.7. The number of para-hydroxylation sites is 3. The van der Waals surface area contributed by atoms with Gasteiger partial charge in [-0.25, -0.2) is 9.97 Å². The zero-order chi connectivity index (χ0) is 21.9. The first-order valence-electron chi connectivity index (χ1n) is 11.1. The molecule has 0 unspecified atom stereocenters. The topological polar surface area (TPSA) is 54.3 Å². The third-order valence-corrected chi connectivity index (χ3v) is 6.72. The first-order valence-corrected chi connectivity index (χ1v) is 12.1. The van der Waals surface area contributed by atoms with Crippen molar-refractivity contribution in [3.8, 4) is 11.5 Å². The van der Waals surface area contributed by atoms with Gasteiger partial charge in [-0.1, -0.05) is 30.3 Å². The van der Waals surface area contributed by atoms with Gasteiger partial charge in [-0.15, -0.1) is 11.3 Å². The summed E-state index contributed by atoms with van der Waals surface area (Å²) in [6.45, 7) is 3.00. The molecule has 2 aromatic heterocycles. The molecule has 3 heterocycles. The molecule has 1 saturated heterocycles. The van der Waals surface area contributed by atoms with Crippen LogP contribution in [0.2, 0.25) is 0 Å². The van der Waals surface area contributed by atoms with E-state index in [0.717, 1.165) is 35.6 Å². The van der Waals surface area contributed by atoms with Crippen molar-refractivity contribution < 1.29 is 4.79 Å². The molecule has 164 valence electrons. The van der Waals surface area contributed by atoms with E-state index >= 15 is 0 Å². The number of amides is 1. The second-order valence-corrected chi connectivity index (χ2v) is 9.03. The molecule has 1 aliphatic rings. The highest BCUT2D eigenvalue weighted by Gasteiger charge is 2.20. The van der Waals surface area contributed by atoms with Crippen LogP contribution >= 0.6 is 11.3 Å². The van der Waals surface area contributed by atoms with Crippen LogP contribution in [0.3, 0.4) is 0 Å². The molecule has 0 saturated carbocycles. The fourth-order valence-electron chi connectivity index (χ4n) is 4.44. The summed E-state index contributed by atoms with van der Waals surface area (Å²) in [5.41, 5.74) is 6.87. The van der Waals surface area contributed by atoms with Crippen LogP contribution in [0, 0.1) is 0 Å². The molecular formula is C25H27N5OS. The smallest absolute Gasteiger partial charge is 0.242 e. The Balaban J connectivity index is 1.39. The molecular weight excluding hydrogens is 418 g/mol. The Hall–Kier alpha value is -3.19. The van der Waals surface area contributed by atoms with Gasteiger partial charge in [0.1, 0.15) is 12.2 Å². The summed E-state index contributed by atoms with van der Waals surface area (Å²) in [5.74, 6) is 0.793. The molecule has 1 fully saturated rings. The van der Waals surface area contributed by atoms with Crippen molar-refractivity contribution >= 4 is 34.0 Å². The summed E-state index contributed by atoms with van der Waals surface area (Å²) in [5, 5.41) is 1.97. The summed E-state index contributed by atoms with van der Waals surface area (Å²) < 4.78 is 1.99. The Kier molecular flexibility index (Phi) is 5.90. The summed E-state index contributed by atoms with van der Waals surface area (Å²) in [6, 6.07) is 16.4. The molecule has 6 nitrogen and oxygen atoms in total. The predicted octanol–water partition coefficient (Wildman–Crippen LogP) is 4.81. The summed E-state index contributed by atoms with van der Waals surface area (Å²) in [7, 11) is 1.89. The second-order valence-electron chi connectivity index (χ2n) is 8.31. The number of carbonyl (C=O) groups excluding carboxylic acids is 1. The highest BCUT2D eigenvalue weighted by Crippen LogP contribution is 2.27. The van der Waals surface area contributed by atoms with Crippen molar-refractivity contribution in [3.05, 3.63) is 65.0 Å². The second kappa shape index (κ2) is 9.12. The van der Waals surface area contributed by atoms with Crippen molar-refractivity contribution in [1.82, 2.24) is 19.4 Å². The maximum Gasteiger partial charge on any atom is 0.242 e. The van der Waals surface area contributed by atoms with Gasteiger partial charge in [0.05, 0.1) is 16.5 Å². The van der Waals surface area contributed by atoms with Crippen LogP contribution in [0.5, 0.6) is 0 Å². The molecule has 32 heavy (non-hydrogen) atoms. The van der Waals surface area contributed by atoms with E-state index in [-0.39, 0.29) is 12.5 Å². The zero-order valence-electron chi connectivity index (χ0n) is 18.3. The van der Waals surface area contributed by atoms with Gasteiger partial charge < -0.3 is 14.4 Å². The van der Waals surface area contributed by atoms with Crippen LogP contribution in [0.15, 0.2) is 59.4 Å². The average molecular weight is 446 g/mol. The van der Waals surface area contributed by atoms with Crippen LogP contribution < -0.4 is 4.90 Å². The Bertz CT molecular complexity index is 1210. The zero-order valence-corrected chi connectivity index (χ0v) is 19.1. The SMILES string of the molecule is CN(Cc1ccccc1N1CCCCC1)C(=O)Cn1c(-c2cscn2)nc2ccccc21. The molecule has 2 aromatic carbocycles. The number of fused-ring (bicyclic) bond motifs is 1. The largest absolute Gasteiger partial charge is 0.371 e. The van der Waals surface area contributed by atoms with E-state index in [0.29, 0.717) is 6.54 Å².